The SMILES string of the molecule is COc1cc(/C=C2\CCCN3C2=NOC[C@@H]3CNC(=O)c2ccccc2C#N)ccc1-n1cnc(C)c1. The molecule has 5 rings (SSSR count). The number of benzene rings is 2. The smallest absolute Gasteiger partial charge is 0.252 e. The Morgan fingerprint density at radius 1 is 1.32 bits per heavy atom. The van der Waals surface area contributed by atoms with Crippen LogP contribution in [0.3, 0.4) is 0 Å². The molecule has 1 amide bonds. The number of aryl methyl sites for hydroxylation is 1. The third-order valence-electron chi connectivity index (χ3n) is 6.59. The first-order chi connectivity index (χ1) is 18.1. The van der Waals surface area contributed by atoms with Crippen LogP contribution in [0.15, 0.2) is 65.7 Å². The lowest BCUT2D eigenvalue weighted by Gasteiger charge is -2.40. The molecular weight excluding hydrogens is 468 g/mol. The van der Waals surface area contributed by atoms with Crippen LogP contribution in [0, 0.1) is 18.3 Å². The van der Waals surface area contributed by atoms with Gasteiger partial charge in [-0.2, -0.15) is 5.26 Å². The minimum Gasteiger partial charge on any atom is -0.495 e. The molecule has 0 spiro atoms. The number of aromatic nitrogens is 2. The van der Waals surface area contributed by atoms with E-state index in [4.69, 9.17) is 9.57 Å². The number of amidine groups is 1. The van der Waals surface area contributed by atoms with Crippen LogP contribution < -0.4 is 10.1 Å². The number of imidazole rings is 1. The maximum absolute atomic E-state index is 12.7. The summed E-state index contributed by atoms with van der Waals surface area (Å²) in [5, 5.41) is 16.7. The van der Waals surface area contributed by atoms with E-state index in [0.29, 0.717) is 24.3 Å². The summed E-state index contributed by atoms with van der Waals surface area (Å²) in [6, 6.07) is 14.9. The zero-order chi connectivity index (χ0) is 25.8. The van der Waals surface area contributed by atoms with E-state index in [1.807, 2.05) is 35.9 Å². The number of hydrogen-bond donors (Lipinski definition) is 1. The summed E-state index contributed by atoms with van der Waals surface area (Å²) in [6.45, 7) is 3.55. The van der Waals surface area contributed by atoms with Gasteiger partial charge in [-0.15, -0.1) is 0 Å². The van der Waals surface area contributed by atoms with Gasteiger partial charge in [0.25, 0.3) is 5.91 Å². The highest BCUT2D eigenvalue weighted by Crippen LogP contribution is 2.29. The molecule has 1 saturated heterocycles. The van der Waals surface area contributed by atoms with Crippen molar-refractivity contribution in [1.29, 1.82) is 5.26 Å². The first-order valence-corrected chi connectivity index (χ1v) is 12.2. The second-order valence-corrected chi connectivity index (χ2v) is 9.05. The van der Waals surface area contributed by atoms with Crippen LogP contribution >= 0.6 is 0 Å². The summed E-state index contributed by atoms with van der Waals surface area (Å²) in [4.78, 5) is 24.8. The van der Waals surface area contributed by atoms with E-state index in [1.54, 1.807) is 37.7 Å². The summed E-state index contributed by atoms with van der Waals surface area (Å²) < 4.78 is 7.61. The summed E-state index contributed by atoms with van der Waals surface area (Å²) >= 11 is 0. The second-order valence-electron chi connectivity index (χ2n) is 9.05. The molecule has 0 saturated carbocycles. The molecule has 0 bridgehead atoms. The van der Waals surface area contributed by atoms with Crippen LogP contribution in [0.25, 0.3) is 11.8 Å². The molecule has 3 aromatic rings. The van der Waals surface area contributed by atoms with Gasteiger partial charge in [-0.05, 0) is 61.2 Å². The van der Waals surface area contributed by atoms with Crippen molar-refractivity contribution in [1.82, 2.24) is 19.8 Å². The molecule has 188 valence electrons. The van der Waals surface area contributed by atoms with Crippen LogP contribution in [0.5, 0.6) is 5.75 Å². The van der Waals surface area contributed by atoms with Gasteiger partial charge in [0.15, 0.2) is 5.84 Å². The maximum Gasteiger partial charge on any atom is 0.252 e. The number of nitriles is 1. The molecule has 1 N–H and O–H groups in total. The Morgan fingerprint density at radius 2 is 2.19 bits per heavy atom. The van der Waals surface area contributed by atoms with Crippen LogP contribution in [0.4, 0.5) is 0 Å². The number of oxime groups is 1. The van der Waals surface area contributed by atoms with Gasteiger partial charge < -0.3 is 24.4 Å². The maximum atomic E-state index is 12.7. The summed E-state index contributed by atoms with van der Waals surface area (Å²) in [5.41, 5.74) is 4.66. The van der Waals surface area contributed by atoms with E-state index >= 15 is 0 Å². The highest BCUT2D eigenvalue weighted by atomic mass is 16.6. The molecule has 2 aromatic carbocycles. The topological polar surface area (TPSA) is 105 Å². The van der Waals surface area contributed by atoms with Gasteiger partial charge >= 0.3 is 0 Å². The number of carbonyl (C=O) groups is 1. The number of nitrogens with one attached hydrogen (secondary N) is 1. The lowest BCUT2D eigenvalue weighted by Crippen LogP contribution is -2.53. The lowest BCUT2D eigenvalue weighted by atomic mass is 9.98. The fourth-order valence-electron chi connectivity index (χ4n) is 4.72. The van der Waals surface area contributed by atoms with E-state index in [1.165, 1.54) is 0 Å². The third kappa shape index (κ3) is 5.05. The lowest BCUT2D eigenvalue weighted by molar-refractivity contribution is 0.0562. The molecule has 2 aliphatic rings. The van der Waals surface area contributed by atoms with Crippen molar-refractivity contribution >= 4 is 17.8 Å². The Morgan fingerprint density at radius 3 is 2.97 bits per heavy atom. The molecule has 37 heavy (non-hydrogen) atoms. The number of methoxy groups -OCH3 is 1. The van der Waals surface area contributed by atoms with Gasteiger partial charge in [0.05, 0.1) is 48.1 Å². The summed E-state index contributed by atoms with van der Waals surface area (Å²) in [7, 11) is 1.66. The van der Waals surface area contributed by atoms with Crippen molar-refractivity contribution in [2.45, 2.75) is 25.8 Å². The Balaban J connectivity index is 1.32. The second kappa shape index (κ2) is 10.6. The number of rotatable bonds is 6. The Labute approximate surface area is 215 Å². The molecule has 1 atom stereocenters. The summed E-state index contributed by atoms with van der Waals surface area (Å²) in [5.74, 6) is 1.27. The molecule has 9 heteroatoms. The standard InChI is InChI=1S/C28H28N6O3/c1-19-16-33(18-31-19)25-10-9-20(13-26(25)36-2)12-21-7-5-11-34-23(17-37-32-27(21)34)15-30-28(35)24-8-4-3-6-22(24)14-29/h3-4,6,8-10,12-13,16,18,23H,5,7,11,15,17H2,1-2H3,(H,30,35)/b21-12+/t23-/m0/s1. The first-order valence-electron chi connectivity index (χ1n) is 12.2. The number of amides is 1. The van der Waals surface area contributed by atoms with E-state index in [2.05, 4.69) is 32.5 Å². The van der Waals surface area contributed by atoms with Crippen LogP contribution in [-0.2, 0) is 4.84 Å². The van der Waals surface area contributed by atoms with Crippen LogP contribution in [0.2, 0.25) is 0 Å². The highest BCUT2D eigenvalue weighted by molar-refractivity contribution is 6.03. The summed E-state index contributed by atoms with van der Waals surface area (Å²) in [6.07, 6.45) is 7.69. The van der Waals surface area contributed by atoms with Crippen molar-refractivity contribution in [2.75, 3.05) is 26.8 Å². The van der Waals surface area contributed by atoms with Gasteiger partial charge in [0, 0.05) is 19.3 Å². The monoisotopic (exact) mass is 496 g/mol. The van der Waals surface area contributed by atoms with E-state index < -0.39 is 0 Å². The first kappa shape index (κ1) is 24.1. The van der Waals surface area contributed by atoms with Crippen molar-refractivity contribution < 1.29 is 14.4 Å². The van der Waals surface area contributed by atoms with E-state index in [9.17, 15) is 10.1 Å². The molecular formula is C28H28N6O3. The predicted octanol–water partition coefficient (Wildman–Crippen LogP) is 3.68. The number of hydrogen-bond acceptors (Lipinski definition) is 7. The minimum absolute atomic E-state index is 0.0595. The quantitative estimate of drug-likeness (QED) is 0.558. The Kier molecular flexibility index (Phi) is 6.90. The predicted molar refractivity (Wildman–Crippen MR) is 139 cm³/mol. The van der Waals surface area contributed by atoms with Gasteiger partial charge in [-0.25, -0.2) is 4.98 Å². The molecule has 2 aliphatic heterocycles. The minimum atomic E-state index is -0.269. The zero-order valence-electron chi connectivity index (χ0n) is 20.8. The van der Waals surface area contributed by atoms with Gasteiger partial charge in [0.2, 0.25) is 0 Å². The molecule has 1 aromatic heterocycles. The number of ether oxygens (including phenoxy) is 1. The van der Waals surface area contributed by atoms with Gasteiger partial charge in [-0.3, -0.25) is 4.79 Å². The van der Waals surface area contributed by atoms with E-state index in [0.717, 1.165) is 53.5 Å². The Hall–Kier alpha value is -4.58. The average Bonchev–Trinajstić information content (AvgIpc) is 3.37. The van der Waals surface area contributed by atoms with Crippen LogP contribution in [-0.4, -0.2) is 59.0 Å². The van der Waals surface area contributed by atoms with Crippen molar-refractivity contribution in [2.24, 2.45) is 5.16 Å². The van der Waals surface area contributed by atoms with Crippen molar-refractivity contribution in [3.8, 4) is 17.5 Å². The molecule has 9 nitrogen and oxygen atoms in total. The molecule has 1 fully saturated rings. The van der Waals surface area contributed by atoms with Crippen molar-refractivity contribution in [3.05, 3.63) is 82.9 Å². The average molecular weight is 497 g/mol. The largest absolute Gasteiger partial charge is 0.495 e. The third-order valence-corrected chi connectivity index (χ3v) is 6.59. The Bertz CT molecular complexity index is 1420. The number of piperidine rings is 1. The molecule has 3 heterocycles. The fourth-order valence-corrected chi connectivity index (χ4v) is 4.72. The highest BCUT2D eigenvalue weighted by Gasteiger charge is 2.32. The van der Waals surface area contributed by atoms with Gasteiger partial charge in [-0.1, -0.05) is 23.4 Å². The van der Waals surface area contributed by atoms with Crippen molar-refractivity contribution in [3.63, 3.8) is 0 Å². The normalized spacial score (nSPS) is 17.9. The number of fused-ring (bicyclic) bond motifs is 1. The zero-order valence-corrected chi connectivity index (χ0v) is 20.8. The fraction of sp³-hybridized carbons (Fsp3) is 0.286. The van der Waals surface area contributed by atoms with E-state index in [-0.39, 0.29) is 11.9 Å². The molecule has 0 radical (unpaired) electrons. The number of nitrogens with zero attached hydrogens (tertiary/aromatic N) is 5. The van der Waals surface area contributed by atoms with Crippen LogP contribution in [0.1, 0.15) is 40.0 Å². The van der Waals surface area contributed by atoms with Gasteiger partial charge in [0.1, 0.15) is 12.4 Å². The molecule has 0 unspecified atom stereocenters. The molecule has 0 aliphatic carbocycles. The number of carbonyl (C=O) groups excluding carboxylic acids is 1.